The highest BCUT2D eigenvalue weighted by Gasteiger charge is 2.20. The Morgan fingerprint density at radius 1 is 1.30 bits per heavy atom. The van der Waals surface area contributed by atoms with E-state index < -0.39 is 0 Å². The molecule has 27 heavy (non-hydrogen) atoms. The maximum atomic E-state index is 5.33. The highest BCUT2D eigenvalue weighted by Crippen LogP contribution is 2.22. The molecule has 0 radical (unpaired) electrons. The summed E-state index contributed by atoms with van der Waals surface area (Å²) in [6, 6.07) is 8.22. The summed E-state index contributed by atoms with van der Waals surface area (Å²) in [6.07, 6.45) is 1.69. The van der Waals surface area contributed by atoms with Gasteiger partial charge in [-0.3, -0.25) is 4.99 Å². The van der Waals surface area contributed by atoms with Crippen LogP contribution in [0.2, 0.25) is 0 Å². The Balaban J connectivity index is 1.44. The van der Waals surface area contributed by atoms with Gasteiger partial charge in [-0.25, -0.2) is 0 Å². The minimum absolute atomic E-state index is 0.683. The lowest BCUT2D eigenvalue weighted by atomic mass is 10.2. The van der Waals surface area contributed by atoms with Crippen LogP contribution in [0.3, 0.4) is 0 Å². The minimum Gasteiger partial charge on any atom is -0.497 e. The van der Waals surface area contributed by atoms with E-state index in [4.69, 9.17) is 9.26 Å². The molecular weight excluding hydrogens is 344 g/mol. The van der Waals surface area contributed by atoms with E-state index in [9.17, 15) is 0 Å². The molecule has 1 saturated heterocycles. The molecule has 1 aliphatic heterocycles. The van der Waals surface area contributed by atoms with Crippen molar-refractivity contribution in [3.8, 4) is 5.75 Å². The van der Waals surface area contributed by atoms with Crippen molar-refractivity contribution in [1.29, 1.82) is 0 Å². The highest BCUT2D eigenvalue weighted by molar-refractivity contribution is 5.80. The van der Waals surface area contributed by atoms with Crippen LogP contribution in [-0.2, 0) is 6.42 Å². The summed E-state index contributed by atoms with van der Waals surface area (Å²) < 4.78 is 10.5. The fraction of sp³-hybridized carbons (Fsp3) is 0.526. The SMILES string of the molecule is CN=C(NCCCc1nc(C)no1)N1CCN(c2cccc(OC)c2)CC1. The zero-order valence-electron chi connectivity index (χ0n) is 16.3. The quantitative estimate of drug-likeness (QED) is 0.470. The third-order valence-electron chi connectivity index (χ3n) is 4.63. The molecule has 1 aliphatic rings. The van der Waals surface area contributed by atoms with Gasteiger partial charge in [-0.05, 0) is 25.5 Å². The number of anilines is 1. The van der Waals surface area contributed by atoms with E-state index in [1.54, 1.807) is 7.11 Å². The number of aromatic nitrogens is 2. The monoisotopic (exact) mass is 372 g/mol. The molecule has 0 unspecified atom stereocenters. The van der Waals surface area contributed by atoms with E-state index in [1.807, 2.05) is 26.1 Å². The lowest BCUT2D eigenvalue weighted by Gasteiger charge is -2.37. The number of nitrogens with zero attached hydrogens (tertiary/aromatic N) is 5. The van der Waals surface area contributed by atoms with Crippen LogP contribution in [0, 0.1) is 6.92 Å². The lowest BCUT2D eigenvalue weighted by molar-refractivity contribution is 0.365. The summed E-state index contributed by atoms with van der Waals surface area (Å²) in [4.78, 5) is 13.3. The molecule has 2 aromatic rings. The van der Waals surface area contributed by atoms with E-state index in [1.165, 1.54) is 5.69 Å². The van der Waals surface area contributed by atoms with Crippen LogP contribution in [0.25, 0.3) is 0 Å². The van der Waals surface area contributed by atoms with Gasteiger partial charge in [-0.1, -0.05) is 11.2 Å². The predicted molar refractivity (Wildman–Crippen MR) is 105 cm³/mol. The van der Waals surface area contributed by atoms with E-state index in [2.05, 4.69) is 42.4 Å². The number of methoxy groups -OCH3 is 1. The van der Waals surface area contributed by atoms with Gasteiger partial charge in [-0.2, -0.15) is 4.98 Å². The first-order chi connectivity index (χ1) is 13.2. The number of rotatable bonds is 6. The topological polar surface area (TPSA) is 79.0 Å². The second kappa shape index (κ2) is 9.25. The average Bonchev–Trinajstić information content (AvgIpc) is 3.13. The molecule has 1 aromatic heterocycles. The average molecular weight is 372 g/mol. The zero-order chi connectivity index (χ0) is 19.1. The lowest BCUT2D eigenvalue weighted by Crippen LogP contribution is -2.52. The predicted octanol–water partition coefficient (Wildman–Crippen LogP) is 1.72. The molecule has 146 valence electrons. The third kappa shape index (κ3) is 5.12. The molecule has 1 N–H and O–H groups in total. The van der Waals surface area contributed by atoms with E-state index >= 15 is 0 Å². The Morgan fingerprint density at radius 2 is 2.11 bits per heavy atom. The molecule has 0 amide bonds. The Labute approximate surface area is 160 Å². The number of guanidine groups is 1. The van der Waals surface area contributed by atoms with Crippen molar-refractivity contribution in [3.63, 3.8) is 0 Å². The van der Waals surface area contributed by atoms with Gasteiger partial charge in [0.05, 0.1) is 7.11 Å². The van der Waals surface area contributed by atoms with Crippen molar-refractivity contribution in [2.24, 2.45) is 4.99 Å². The van der Waals surface area contributed by atoms with Crippen LogP contribution in [0.5, 0.6) is 5.75 Å². The molecular formula is C19H28N6O2. The van der Waals surface area contributed by atoms with Crippen LogP contribution in [0.15, 0.2) is 33.8 Å². The smallest absolute Gasteiger partial charge is 0.226 e. The van der Waals surface area contributed by atoms with Crippen LogP contribution in [0.4, 0.5) is 5.69 Å². The Hall–Kier alpha value is -2.77. The first-order valence-electron chi connectivity index (χ1n) is 9.33. The van der Waals surface area contributed by atoms with Gasteiger partial charge in [0.2, 0.25) is 5.89 Å². The molecule has 0 aliphatic carbocycles. The fourth-order valence-electron chi connectivity index (χ4n) is 3.20. The molecule has 1 aromatic carbocycles. The third-order valence-corrected chi connectivity index (χ3v) is 4.63. The normalized spacial score (nSPS) is 15.1. The number of hydrogen-bond donors (Lipinski definition) is 1. The zero-order valence-corrected chi connectivity index (χ0v) is 16.3. The van der Waals surface area contributed by atoms with Gasteiger partial charge in [0.15, 0.2) is 11.8 Å². The molecule has 0 bridgehead atoms. The Morgan fingerprint density at radius 3 is 2.78 bits per heavy atom. The molecule has 0 atom stereocenters. The van der Waals surface area contributed by atoms with Gasteiger partial charge in [0.1, 0.15) is 5.75 Å². The molecule has 2 heterocycles. The number of hydrogen-bond acceptors (Lipinski definition) is 6. The second-order valence-electron chi connectivity index (χ2n) is 6.49. The number of aryl methyl sites for hydroxylation is 2. The molecule has 8 heteroatoms. The van der Waals surface area contributed by atoms with Crippen molar-refractivity contribution in [2.45, 2.75) is 19.8 Å². The van der Waals surface area contributed by atoms with E-state index in [-0.39, 0.29) is 0 Å². The minimum atomic E-state index is 0.683. The number of nitrogens with one attached hydrogen (secondary N) is 1. The summed E-state index contributed by atoms with van der Waals surface area (Å²) in [7, 11) is 3.53. The van der Waals surface area contributed by atoms with Crippen molar-refractivity contribution in [2.75, 3.05) is 51.8 Å². The summed E-state index contributed by atoms with van der Waals surface area (Å²) in [6.45, 7) is 6.42. The molecule has 0 spiro atoms. The van der Waals surface area contributed by atoms with E-state index in [0.717, 1.165) is 57.3 Å². The largest absolute Gasteiger partial charge is 0.497 e. The van der Waals surface area contributed by atoms with Gasteiger partial charge in [-0.15, -0.1) is 0 Å². The first-order valence-corrected chi connectivity index (χ1v) is 9.33. The summed E-state index contributed by atoms with van der Waals surface area (Å²) in [5.74, 6) is 3.21. The Kier molecular flexibility index (Phi) is 6.51. The van der Waals surface area contributed by atoms with Crippen molar-refractivity contribution in [3.05, 3.63) is 36.0 Å². The summed E-state index contributed by atoms with van der Waals surface area (Å²) in [5.41, 5.74) is 1.20. The molecule has 8 nitrogen and oxygen atoms in total. The van der Waals surface area contributed by atoms with Crippen LogP contribution >= 0.6 is 0 Å². The van der Waals surface area contributed by atoms with Crippen LogP contribution in [-0.4, -0.2) is 67.9 Å². The van der Waals surface area contributed by atoms with E-state index in [0.29, 0.717) is 11.7 Å². The fourth-order valence-corrected chi connectivity index (χ4v) is 3.20. The summed E-state index contributed by atoms with van der Waals surface area (Å²) in [5, 5.41) is 7.25. The number of aliphatic imine (C=N–C) groups is 1. The maximum absolute atomic E-state index is 5.33. The number of ether oxygens (including phenoxy) is 1. The maximum Gasteiger partial charge on any atom is 0.226 e. The number of piperazine rings is 1. The van der Waals surface area contributed by atoms with Gasteiger partial charge < -0.3 is 24.4 Å². The van der Waals surface area contributed by atoms with Crippen molar-refractivity contribution >= 4 is 11.6 Å². The van der Waals surface area contributed by atoms with Crippen LogP contribution < -0.4 is 15.0 Å². The Bertz CT molecular complexity index is 752. The van der Waals surface area contributed by atoms with Crippen molar-refractivity contribution < 1.29 is 9.26 Å². The van der Waals surface area contributed by atoms with Gasteiger partial charge in [0.25, 0.3) is 0 Å². The standard InChI is InChI=1S/C19H28N6O2/c1-15-22-18(27-23-15)8-5-9-21-19(20-2)25-12-10-24(11-13-25)16-6-4-7-17(14-16)26-3/h4,6-7,14H,5,8-13H2,1-3H3,(H,20,21). The summed E-state index contributed by atoms with van der Waals surface area (Å²) >= 11 is 0. The highest BCUT2D eigenvalue weighted by atomic mass is 16.5. The van der Waals surface area contributed by atoms with Gasteiger partial charge >= 0.3 is 0 Å². The first kappa shape index (κ1) is 19.0. The molecule has 0 saturated carbocycles. The second-order valence-corrected chi connectivity index (χ2v) is 6.49. The number of benzene rings is 1. The molecule has 3 rings (SSSR count). The molecule has 1 fully saturated rings. The van der Waals surface area contributed by atoms with Gasteiger partial charge in [0, 0.05) is 57.9 Å². The van der Waals surface area contributed by atoms with Crippen molar-refractivity contribution in [1.82, 2.24) is 20.4 Å². The van der Waals surface area contributed by atoms with Crippen LogP contribution in [0.1, 0.15) is 18.1 Å².